The average molecular weight is 217 g/mol. The van der Waals surface area contributed by atoms with Crippen molar-refractivity contribution in [3.8, 4) is 0 Å². The number of aliphatic hydroxyl groups excluding tert-OH is 1. The van der Waals surface area contributed by atoms with Gasteiger partial charge in [-0.05, 0) is 18.4 Å². The monoisotopic (exact) mass is 216 g/mol. The second kappa shape index (κ2) is 6.38. The molecule has 0 saturated carbocycles. The normalized spacial score (nSPS) is 11.3. The Hall–Kier alpha value is -0.340. The van der Waals surface area contributed by atoms with Crippen LogP contribution in [0.1, 0.15) is 12.8 Å². The highest BCUT2D eigenvalue weighted by Gasteiger charge is 1.96. The lowest BCUT2D eigenvalue weighted by Crippen LogP contribution is -1.86. The fourth-order valence-corrected chi connectivity index (χ4v) is 1.05. The summed E-state index contributed by atoms with van der Waals surface area (Å²) < 4.78 is 0.867. The Labute approximate surface area is 76.3 Å². The van der Waals surface area contributed by atoms with Gasteiger partial charge in [-0.1, -0.05) is 41.2 Å². The smallest absolute Gasteiger partial charge is 0.0434 e. The zero-order valence-corrected chi connectivity index (χ0v) is 8.10. The van der Waals surface area contributed by atoms with Crippen LogP contribution in [0.25, 0.3) is 0 Å². The number of halogens is 1. The molecule has 0 aromatic rings. The molecule has 0 atom stereocenters. The third kappa shape index (κ3) is 4.99. The van der Waals surface area contributed by atoms with Gasteiger partial charge in [0.2, 0.25) is 0 Å². The molecule has 0 fully saturated rings. The molecule has 11 heavy (non-hydrogen) atoms. The van der Waals surface area contributed by atoms with E-state index in [0.717, 1.165) is 22.9 Å². The summed E-state index contributed by atoms with van der Waals surface area (Å²) in [6.07, 6.45) is 5.22. The predicted molar refractivity (Wildman–Crippen MR) is 52.7 cm³/mol. The lowest BCUT2D eigenvalue weighted by molar-refractivity contribution is 0.289. The maximum absolute atomic E-state index is 8.57. The predicted octanol–water partition coefficient (Wildman–Crippen LogP) is 2.78. The molecule has 0 aliphatic heterocycles. The minimum atomic E-state index is 0.217. The van der Waals surface area contributed by atoms with Crippen LogP contribution in [0.4, 0.5) is 0 Å². The van der Waals surface area contributed by atoms with Crippen LogP contribution in [0, 0.1) is 0 Å². The molecule has 1 nitrogen and oxygen atoms in total. The van der Waals surface area contributed by atoms with E-state index >= 15 is 0 Å². The summed E-state index contributed by atoms with van der Waals surface area (Å²) in [5.41, 5.74) is 1.09. The highest BCUT2D eigenvalue weighted by molar-refractivity contribution is 9.11. The van der Waals surface area contributed by atoms with Crippen molar-refractivity contribution in [1.82, 2.24) is 0 Å². The van der Waals surface area contributed by atoms with Gasteiger partial charge >= 0.3 is 0 Å². The number of allylic oxidation sites excluding steroid dienone is 4. The average Bonchev–Trinajstić information content (AvgIpc) is 1.97. The van der Waals surface area contributed by atoms with Crippen molar-refractivity contribution < 1.29 is 5.11 Å². The summed E-state index contributed by atoms with van der Waals surface area (Å²) in [6, 6.07) is 0. The molecule has 0 spiro atoms. The maximum Gasteiger partial charge on any atom is 0.0434 e. The largest absolute Gasteiger partial charge is 0.396 e. The summed E-state index contributed by atoms with van der Waals surface area (Å²) in [5, 5.41) is 8.57. The summed E-state index contributed by atoms with van der Waals surface area (Å²) in [4.78, 5) is 0. The van der Waals surface area contributed by atoms with Gasteiger partial charge in [-0.15, -0.1) is 0 Å². The first-order valence-electron chi connectivity index (χ1n) is 3.49. The van der Waals surface area contributed by atoms with Gasteiger partial charge in [0.05, 0.1) is 0 Å². The lowest BCUT2D eigenvalue weighted by atomic mass is 10.1. The number of hydrogen-bond donors (Lipinski definition) is 1. The van der Waals surface area contributed by atoms with E-state index in [-0.39, 0.29) is 6.61 Å². The van der Waals surface area contributed by atoms with E-state index in [1.165, 1.54) is 0 Å². The van der Waals surface area contributed by atoms with E-state index < -0.39 is 0 Å². The molecule has 0 saturated heterocycles. The SMILES string of the molecule is C=CC=C(CCCO)C(=C)Br. The highest BCUT2D eigenvalue weighted by atomic mass is 79.9. The van der Waals surface area contributed by atoms with Crippen LogP contribution < -0.4 is 0 Å². The second-order valence-corrected chi connectivity index (χ2v) is 3.12. The first-order chi connectivity index (χ1) is 5.22. The molecular weight excluding hydrogens is 204 g/mol. The van der Waals surface area contributed by atoms with E-state index in [0.29, 0.717) is 0 Å². The minimum Gasteiger partial charge on any atom is -0.396 e. The van der Waals surface area contributed by atoms with Crippen molar-refractivity contribution in [2.75, 3.05) is 6.61 Å². The maximum atomic E-state index is 8.57. The van der Waals surface area contributed by atoms with Crippen molar-refractivity contribution in [2.45, 2.75) is 12.8 Å². The van der Waals surface area contributed by atoms with Gasteiger partial charge in [0.25, 0.3) is 0 Å². The first kappa shape index (κ1) is 10.7. The summed E-state index contributed by atoms with van der Waals surface area (Å²) in [6.45, 7) is 7.55. The molecule has 2 heteroatoms. The van der Waals surface area contributed by atoms with Crippen LogP contribution in [-0.4, -0.2) is 11.7 Å². The van der Waals surface area contributed by atoms with Crippen molar-refractivity contribution >= 4 is 15.9 Å². The van der Waals surface area contributed by atoms with Gasteiger partial charge in [-0.2, -0.15) is 0 Å². The third-order valence-corrected chi connectivity index (χ3v) is 1.78. The summed E-state index contributed by atoms with van der Waals surface area (Å²) in [5.74, 6) is 0. The molecular formula is C9H13BrO. The van der Waals surface area contributed by atoms with Crippen LogP contribution in [0.15, 0.2) is 35.4 Å². The molecule has 1 N–H and O–H groups in total. The topological polar surface area (TPSA) is 20.2 Å². The molecule has 0 aromatic carbocycles. The fourth-order valence-electron chi connectivity index (χ4n) is 0.721. The van der Waals surface area contributed by atoms with E-state index in [4.69, 9.17) is 5.11 Å². The fraction of sp³-hybridized carbons (Fsp3) is 0.333. The third-order valence-electron chi connectivity index (χ3n) is 1.27. The molecule has 0 amide bonds. The molecule has 0 radical (unpaired) electrons. The molecule has 0 aliphatic rings. The van der Waals surface area contributed by atoms with Crippen LogP contribution in [-0.2, 0) is 0 Å². The Morgan fingerprint density at radius 1 is 1.55 bits per heavy atom. The van der Waals surface area contributed by atoms with Crippen LogP contribution in [0.2, 0.25) is 0 Å². The Balaban J connectivity index is 4.00. The molecule has 0 rings (SSSR count). The van der Waals surface area contributed by atoms with Crippen molar-refractivity contribution in [3.05, 3.63) is 35.4 Å². The molecule has 0 bridgehead atoms. The molecule has 62 valence electrons. The lowest BCUT2D eigenvalue weighted by Gasteiger charge is -2.01. The summed E-state index contributed by atoms with van der Waals surface area (Å²) in [7, 11) is 0. The Kier molecular flexibility index (Phi) is 6.18. The van der Waals surface area contributed by atoms with Gasteiger partial charge in [-0.3, -0.25) is 0 Å². The Morgan fingerprint density at radius 2 is 2.18 bits per heavy atom. The minimum absolute atomic E-state index is 0.217. The molecule has 0 heterocycles. The first-order valence-corrected chi connectivity index (χ1v) is 4.29. The van der Waals surface area contributed by atoms with E-state index in [2.05, 4.69) is 29.1 Å². The van der Waals surface area contributed by atoms with Gasteiger partial charge < -0.3 is 5.11 Å². The van der Waals surface area contributed by atoms with E-state index in [1.54, 1.807) is 6.08 Å². The van der Waals surface area contributed by atoms with Crippen LogP contribution in [0.5, 0.6) is 0 Å². The summed E-state index contributed by atoms with van der Waals surface area (Å²) >= 11 is 3.28. The van der Waals surface area contributed by atoms with Gasteiger partial charge in [0.1, 0.15) is 0 Å². The second-order valence-electron chi connectivity index (χ2n) is 2.16. The highest BCUT2D eigenvalue weighted by Crippen LogP contribution is 2.19. The van der Waals surface area contributed by atoms with Gasteiger partial charge in [0, 0.05) is 11.1 Å². The van der Waals surface area contributed by atoms with E-state index in [9.17, 15) is 0 Å². The van der Waals surface area contributed by atoms with Gasteiger partial charge in [0.15, 0.2) is 0 Å². The number of rotatable bonds is 5. The molecule has 0 unspecified atom stereocenters. The zero-order valence-electron chi connectivity index (χ0n) is 6.52. The number of hydrogen-bond acceptors (Lipinski definition) is 1. The van der Waals surface area contributed by atoms with Gasteiger partial charge in [-0.25, -0.2) is 0 Å². The molecule has 0 aliphatic carbocycles. The van der Waals surface area contributed by atoms with Crippen molar-refractivity contribution in [1.29, 1.82) is 0 Å². The van der Waals surface area contributed by atoms with Crippen LogP contribution in [0.3, 0.4) is 0 Å². The Morgan fingerprint density at radius 3 is 2.55 bits per heavy atom. The van der Waals surface area contributed by atoms with Crippen molar-refractivity contribution in [3.63, 3.8) is 0 Å². The zero-order chi connectivity index (χ0) is 8.69. The Bertz CT molecular complexity index is 170. The van der Waals surface area contributed by atoms with Crippen LogP contribution >= 0.6 is 15.9 Å². The van der Waals surface area contributed by atoms with Crippen molar-refractivity contribution in [2.24, 2.45) is 0 Å². The van der Waals surface area contributed by atoms with E-state index in [1.807, 2.05) is 6.08 Å². The molecule has 0 aromatic heterocycles. The standard InChI is InChI=1S/C9H13BrO/c1-3-5-9(8(2)10)6-4-7-11/h3,5,11H,1-2,4,6-7H2. The quantitative estimate of drug-likeness (QED) is 0.702. The number of aliphatic hydroxyl groups is 1.